The summed E-state index contributed by atoms with van der Waals surface area (Å²) in [7, 11) is 0. The van der Waals surface area contributed by atoms with Crippen molar-refractivity contribution in [3.8, 4) is 0 Å². The van der Waals surface area contributed by atoms with E-state index in [0.717, 1.165) is 24.5 Å². The maximum Gasteiger partial charge on any atom is 0.128 e. The Bertz CT molecular complexity index is 393. The lowest BCUT2D eigenvalue weighted by atomic mass is 10.1. The lowest BCUT2D eigenvalue weighted by Crippen LogP contribution is -2.28. The third kappa shape index (κ3) is 5.68. The number of anilines is 1. The fourth-order valence-corrected chi connectivity index (χ4v) is 2.15. The molecular formula is C16H28ClN3. The Morgan fingerprint density at radius 2 is 1.70 bits per heavy atom. The molecule has 3 nitrogen and oxygen atoms in total. The highest BCUT2D eigenvalue weighted by Gasteiger charge is 2.11. The summed E-state index contributed by atoms with van der Waals surface area (Å²) >= 11 is 6.10. The van der Waals surface area contributed by atoms with E-state index in [0.29, 0.717) is 23.4 Å². The van der Waals surface area contributed by atoms with Gasteiger partial charge < -0.3 is 10.6 Å². The number of hydrogen-bond acceptors (Lipinski definition) is 3. The molecule has 0 aliphatic rings. The summed E-state index contributed by atoms with van der Waals surface area (Å²) in [6.07, 6.45) is 4.05. The maximum atomic E-state index is 6.10. The van der Waals surface area contributed by atoms with E-state index < -0.39 is 0 Å². The molecule has 1 aromatic heterocycles. The van der Waals surface area contributed by atoms with E-state index in [1.807, 2.05) is 6.07 Å². The van der Waals surface area contributed by atoms with E-state index in [-0.39, 0.29) is 0 Å². The zero-order chi connectivity index (χ0) is 15.1. The molecule has 0 spiro atoms. The second kappa shape index (κ2) is 8.48. The third-order valence-electron chi connectivity index (χ3n) is 3.42. The lowest BCUT2D eigenvalue weighted by molar-refractivity contribution is 0.533. The van der Waals surface area contributed by atoms with E-state index in [1.165, 1.54) is 12.8 Å². The van der Waals surface area contributed by atoms with Gasteiger partial charge in [0, 0.05) is 25.8 Å². The van der Waals surface area contributed by atoms with Crippen molar-refractivity contribution in [2.24, 2.45) is 17.6 Å². The predicted molar refractivity (Wildman–Crippen MR) is 88.3 cm³/mol. The Morgan fingerprint density at radius 1 is 1.15 bits per heavy atom. The maximum absolute atomic E-state index is 6.10. The third-order valence-corrected chi connectivity index (χ3v) is 3.76. The van der Waals surface area contributed by atoms with Gasteiger partial charge >= 0.3 is 0 Å². The molecule has 0 aliphatic carbocycles. The Kier molecular flexibility index (Phi) is 7.31. The highest BCUT2D eigenvalue weighted by atomic mass is 35.5. The normalized spacial score (nSPS) is 11.4. The first kappa shape index (κ1) is 17.3. The topological polar surface area (TPSA) is 42.1 Å². The number of rotatable bonds is 8. The van der Waals surface area contributed by atoms with Gasteiger partial charge in [-0.15, -0.1) is 0 Å². The van der Waals surface area contributed by atoms with Crippen LogP contribution in [0.2, 0.25) is 5.02 Å². The molecule has 20 heavy (non-hydrogen) atoms. The Labute approximate surface area is 128 Å². The molecule has 0 amide bonds. The average molecular weight is 298 g/mol. The quantitative estimate of drug-likeness (QED) is 0.786. The smallest absolute Gasteiger partial charge is 0.128 e. The lowest BCUT2D eigenvalue weighted by Gasteiger charge is -2.26. The fourth-order valence-electron chi connectivity index (χ4n) is 1.97. The monoisotopic (exact) mass is 297 g/mol. The van der Waals surface area contributed by atoms with Crippen LogP contribution in [0.5, 0.6) is 0 Å². The highest BCUT2D eigenvalue weighted by Crippen LogP contribution is 2.21. The zero-order valence-electron chi connectivity index (χ0n) is 13.2. The number of hydrogen-bond donors (Lipinski definition) is 1. The molecule has 0 saturated carbocycles. The summed E-state index contributed by atoms with van der Waals surface area (Å²) in [5.41, 5.74) is 6.70. The van der Waals surface area contributed by atoms with Gasteiger partial charge in [-0.25, -0.2) is 4.98 Å². The van der Waals surface area contributed by atoms with E-state index in [1.54, 1.807) is 6.20 Å². The van der Waals surface area contributed by atoms with Crippen molar-refractivity contribution in [1.29, 1.82) is 0 Å². The first-order chi connectivity index (χ1) is 9.43. The number of halogens is 1. The number of nitrogens with two attached hydrogens (primary N) is 1. The first-order valence-electron chi connectivity index (χ1n) is 7.53. The largest absolute Gasteiger partial charge is 0.357 e. The molecule has 0 fully saturated rings. The minimum absolute atomic E-state index is 0.455. The van der Waals surface area contributed by atoms with Gasteiger partial charge in [-0.2, -0.15) is 0 Å². The Balaban J connectivity index is 2.84. The van der Waals surface area contributed by atoms with Crippen LogP contribution in [-0.4, -0.2) is 18.1 Å². The Morgan fingerprint density at radius 3 is 2.15 bits per heavy atom. The molecular weight excluding hydrogens is 270 g/mol. The summed E-state index contributed by atoms with van der Waals surface area (Å²) in [6.45, 7) is 11.5. The van der Waals surface area contributed by atoms with Crippen LogP contribution < -0.4 is 10.6 Å². The summed E-state index contributed by atoms with van der Waals surface area (Å²) in [5, 5.41) is 0.656. The van der Waals surface area contributed by atoms with Gasteiger partial charge in [-0.05, 0) is 36.3 Å². The molecule has 0 aliphatic heterocycles. The number of nitrogens with zero attached hydrogens (tertiary/aromatic N) is 2. The van der Waals surface area contributed by atoms with Crippen molar-refractivity contribution in [3.63, 3.8) is 0 Å². The molecule has 1 heterocycles. The number of aromatic nitrogens is 1. The van der Waals surface area contributed by atoms with E-state index in [9.17, 15) is 0 Å². The van der Waals surface area contributed by atoms with E-state index in [2.05, 4.69) is 37.6 Å². The van der Waals surface area contributed by atoms with Crippen molar-refractivity contribution in [2.75, 3.05) is 18.0 Å². The molecule has 0 atom stereocenters. The zero-order valence-corrected chi connectivity index (χ0v) is 14.0. The van der Waals surface area contributed by atoms with Crippen LogP contribution in [0.1, 0.15) is 46.1 Å². The summed E-state index contributed by atoms with van der Waals surface area (Å²) in [6, 6.07) is 2.03. The van der Waals surface area contributed by atoms with Gasteiger partial charge in [0.15, 0.2) is 0 Å². The second-order valence-corrected chi connectivity index (χ2v) is 6.60. The molecule has 114 valence electrons. The van der Waals surface area contributed by atoms with Gasteiger partial charge in [0.05, 0.1) is 5.02 Å². The van der Waals surface area contributed by atoms with Crippen molar-refractivity contribution < 1.29 is 0 Å². The van der Waals surface area contributed by atoms with E-state index >= 15 is 0 Å². The summed E-state index contributed by atoms with van der Waals surface area (Å²) in [4.78, 5) is 6.84. The fraction of sp³-hybridized carbons (Fsp3) is 0.688. The molecule has 0 unspecified atom stereocenters. The SMILES string of the molecule is CC(C)CCN(CCC(C)C)c1cc(CN)c(Cl)cn1. The van der Waals surface area contributed by atoms with Crippen molar-refractivity contribution in [1.82, 2.24) is 4.98 Å². The van der Waals surface area contributed by atoms with Crippen LogP contribution in [-0.2, 0) is 6.54 Å². The highest BCUT2D eigenvalue weighted by molar-refractivity contribution is 6.31. The van der Waals surface area contributed by atoms with Crippen LogP contribution in [0.25, 0.3) is 0 Å². The Hall–Kier alpha value is -0.800. The minimum Gasteiger partial charge on any atom is -0.357 e. The van der Waals surface area contributed by atoms with Crippen molar-refractivity contribution in [3.05, 3.63) is 22.8 Å². The van der Waals surface area contributed by atoms with Gasteiger partial charge in [0.1, 0.15) is 5.82 Å². The minimum atomic E-state index is 0.455. The van der Waals surface area contributed by atoms with Gasteiger partial charge in [-0.1, -0.05) is 39.3 Å². The van der Waals surface area contributed by atoms with Gasteiger partial charge in [0.2, 0.25) is 0 Å². The molecule has 4 heteroatoms. The van der Waals surface area contributed by atoms with Crippen LogP contribution in [0.4, 0.5) is 5.82 Å². The molecule has 0 saturated heterocycles. The van der Waals surface area contributed by atoms with Crippen LogP contribution in [0.15, 0.2) is 12.3 Å². The summed E-state index contributed by atoms with van der Waals surface area (Å²) < 4.78 is 0. The second-order valence-electron chi connectivity index (χ2n) is 6.19. The van der Waals surface area contributed by atoms with E-state index in [4.69, 9.17) is 17.3 Å². The van der Waals surface area contributed by atoms with Crippen LogP contribution >= 0.6 is 11.6 Å². The molecule has 1 rings (SSSR count). The standard InChI is InChI=1S/C16H28ClN3/c1-12(2)5-7-20(8-6-13(3)4)16-9-14(10-18)15(17)11-19-16/h9,11-13H,5-8,10,18H2,1-4H3. The van der Waals surface area contributed by atoms with Gasteiger partial charge in [-0.3, -0.25) is 0 Å². The number of pyridine rings is 1. The average Bonchev–Trinajstić information content (AvgIpc) is 2.39. The van der Waals surface area contributed by atoms with Gasteiger partial charge in [0.25, 0.3) is 0 Å². The molecule has 0 radical (unpaired) electrons. The molecule has 0 bridgehead atoms. The van der Waals surface area contributed by atoms with Crippen molar-refractivity contribution >= 4 is 17.4 Å². The summed E-state index contributed by atoms with van der Waals surface area (Å²) in [5.74, 6) is 2.38. The molecule has 0 aromatic carbocycles. The molecule has 2 N–H and O–H groups in total. The van der Waals surface area contributed by atoms with Crippen LogP contribution in [0.3, 0.4) is 0 Å². The van der Waals surface area contributed by atoms with Crippen LogP contribution in [0, 0.1) is 11.8 Å². The van der Waals surface area contributed by atoms with Crippen molar-refractivity contribution in [2.45, 2.75) is 47.1 Å². The predicted octanol–water partition coefficient (Wildman–Crippen LogP) is 4.09. The molecule has 1 aromatic rings. The first-order valence-corrected chi connectivity index (χ1v) is 7.91.